The van der Waals surface area contributed by atoms with Crippen LogP contribution < -0.4 is 22.1 Å². The van der Waals surface area contributed by atoms with Crippen LogP contribution in [-0.2, 0) is 0 Å². The van der Waals surface area contributed by atoms with Gasteiger partial charge in [-0.1, -0.05) is 49.2 Å². The summed E-state index contributed by atoms with van der Waals surface area (Å²) in [6.07, 6.45) is 7.43. The van der Waals surface area contributed by atoms with Gasteiger partial charge in [0.15, 0.2) is 0 Å². The molecule has 0 spiro atoms. The van der Waals surface area contributed by atoms with Crippen LogP contribution in [0.15, 0.2) is 67.0 Å². The van der Waals surface area contributed by atoms with Gasteiger partial charge in [0, 0.05) is 41.1 Å². The van der Waals surface area contributed by atoms with E-state index in [9.17, 15) is 4.79 Å². The molecule has 2 aromatic carbocycles. The summed E-state index contributed by atoms with van der Waals surface area (Å²) in [5, 5.41) is 7.66. The highest BCUT2D eigenvalue weighted by Crippen LogP contribution is 2.30. The minimum Gasteiger partial charge on any atom is -0.365 e. The second-order valence-corrected chi connectivity index (χ2v) is 8.61. The van der Waals surface area contributed by atoms with E-state index in [0.29, 0.717) is 11.8 Å². The minimum atomic E-state index is -0.599. The maximum Gasteiger partial charge on any atom is 0.254 e. The number of pyridine rings is 1. The fourth-order valence-corrected chi connectivity index (χ4v) is 4.47. The summed E-state index contributed by atoms with van der Waals surface area (Å²) in [4.78, 5) is 25.5. The lowest BCUT2D eigenvalue weighted by atomic mass is 9.91. The van der Waals surface area contributed by atoms with Crippen molar-refractivity contribution in [3.63, 3.8) is 0 Å². The zero-order valence-corrected chi connectivity index (χ0v) is 18.7. The lowest BCUT2D eigenvalue weighted by Crippen LogP contribution is -2.43. The Balaban J connectivity index is 1.46. The van der Waals surface area contributed by atoms with Crippen LogP contribution in [0.25, 0.3) is 22.0 Å². The van der Waals surface area contributed by atoms with Gasteiger partial charge in [-0.2, -0.15) is 4.98 Å². The Bertz CT molecular complexity index is 1330. The molecule has 0 aliphatic heterocycles. The molecule has 4 aromatic rings. The van der Waals surface area contributed by atoms with E-state index in [-0.39, 0.29) is 17.6 Å². The number of primary amides is 1. The van der Waals surface area contributed by atoms with Gasteiger partial charge in [-0.05, 0) is 36.6 Å². The number of anilines is 3. The fourth-order valence-electron chi connectivity index (χ4n) is 4.47. The van der Waals surface area contributed by atoms with E-state index in [1.807, 2.05) is 54.6 Å². The second kappa shape index (κ2) is 9.44. The smallest absolute Gasteiger partial charge is 0.254 e. The van der Waals surface area contributed by atoms with E-state index < -0.39 is 5.91 Å². The van der Waals surface area contributed by atoms with Crippen molar-refractivity contribution in [2.45, 2.75) is 37.8 Å². The average Bonchev–Trinajstić information content (AvgIpc) is 2.85. The van der Waals surface area contributed by atoms with Crippen LogP contribution in [0.1, 0.15) is 36.0 Å². The van der Waals surface area contributed by atoms with Crippen molar-refractivity contribution in [2.75, 3.05) is 10.6 Å². The van der Waals surface area contributed by atoms with Gasteiger partial charge in [-0.25, -0.2) is 4.98 Å². The van der Waals surface area contributed by atoms with E-state index in [4.69, 9.17) is 11.5 Å². The number of para-hydroxylation sites is 1. The molecule has 2 aromatic heterocycles. The lowest BCUT2D eigenvalue weighted by Gasteiger charge is -2.29. The Kier molecular flexibility index (Phi) is 6.05. The first-order chi connectivity index (χ1) is 16.6. The van der Waals surface area contributed by atoms with E-state index in [1.54, 1.807) is 6.20 Å². The molecule has 1 unspecified atom stereocenters. The highest BCUT2D eigenvalue weighted by Gasteiger charge is 2.23. The zero-order valence-electron chi connectivity index (χ0n) is 18.7. The van der Waals surface area contributed by atoms with Crippen LogP contribution in [-0.4, -0.2) is 32.9 Å². The van der Waals surface area contributed by atoms with Gasteiger partial charge in [0.25, 0.3) is 5.91 Å². The topological polar surface area (TPSA) is 132 Å². The number of carbonyl (C=O) groups is 1. The lowest BCUT2D eigenvalue weighted by molar-refractivity contribution is 0.100. The third-order valence-electron chi connectivity index (χ3n) is 6.26. The van der Waals surface area contributed by atoms with Crippen LogP contribution in [0.3, 0.4) is 0 Å². The summed E-state index contributed by atoms with van der Waals surface area (Å²) in [5.74, 6) is 0.171. The Morgan fingerprint density at radius 3 is 2.68 bits per heavy atom. The van der Waals surface area contributed by atoms with Crippen LogP contribution >= 0.6 is 0 Å². The molecule has 0 radical (unpaired) electrons. The van der Waals surface area contributed by atoms with Gasteiger partial charge in [0.05, 0.1) is 5.52 Å². The third-order valence-corrected chi connectivity index (χ3v) is 6.26. The van der Waals surface area contributed by atoms with Gasteiger partial charge in [0.2, 0.25) is 5.95 Å². The molecule has 1 aliphatic carbocycles. The van der Waals surface area contributed by atoms with Crippen LogP contribution in [0.4, 0.5) is 17.5 Å². The van der Waals surface area contributed by atoms with Crippen molar-refractivity contribution in [1.29, 1.82) is 0 Å². The standard InChI is InChI=1S/C26H27N7O/c27-21-11-1-2-12-22(21)32-26-30-15-20(24(28)34)25(33-26)31-18-9-3-7-17(14-18)19-10-4-6-16-8-5-13-29-23(16)19/h3-10,13-15,21-22H,1-2,11-12,27H2,(H2,28,34)(H2,30,31,32,33)/t21?,22-/m1/s1. The molecule has 0 saturated heterocycles. The van der Waals surface area contributed by atoms with Crippen molar-refractivity contribution < 1.29 is 4.79 Å². The van der Waals surface area contributed by atoms with Crippen LogP contribution in [0.2, 0.25) is 0 Å². The van der Waals surface area contributed by atoms with Gasteiger partial charge < -0.3 is 22.1 Å². The Morgan fingerprint density at radius 1 is 1.00 bits per heavy atom. The van der Waals surface area contributed by atoms with Crippen LogP contribution in [0, 0.1) is 0 Å². The Morgan fingerprint density at radius 2 is 1.82 bits per heavy atom. The Labute approximate surface area is 197 Å². The largest absolute Gasteiger partial charge is 0.365 e. The number of nitrogens with zero attached hydrogens (tertiary/aromatic N) is 3. The summed E-state index contributed by atoms with van der Waals surface area (Å²) in [6.45, 7) is 0. The van der Waals surface area contributed by atoms with E-state index in [1.165, 1.54) is 6.20 Å². The van der Waals surface area contributed by atoms with Gasteiger partial charge in [0.1, 0.15) is 11.4 Å². The van der Waals surface area contributed by atoms with E-state index >= 15 is 0 Å². The summed E-state index contributed by atoms with van der Waals surface area (Å²) >= 11 is 0. The highest BCUT2D eigenvalue weighted by atomic mass is 16.1. The number of aromatic nitrogens is 3. The molecule has 172 valence electrons. The fraction of sp³-hybridized carbons (Fsp3) is 0.231. The molecular weight excluding hydrogens is 426 g/mol. The summed E-state index contributed by atoms with van der Waals surface area (Å²) in [5.41, 5.74) is 15.8. The van der Waals surface area contributed by atoms with Crippen molar-refractivity contribution >= 4 is 34.3 Å². The number of nitrogens with one attached hydrogen (secondary N) is 2. The predicted molar refractivity (Wildman–Crippen MR) is 135 cm³/mol. The molecule has 1 amide bonds. The third kappa shape index (κ3) is 4.53. The molecule has 6 N–H and O–H groups in total. The van der Waals surface area contributed by atoms with Crippen molar-refractivity contribution in [1.82, 2.24) is 15.0 Å². The molecule has 34 heavy (non-hydrogen) atoms. The summed E-state index contributed by atoms with van der Waals surface area (Å²) in [6, 6.07) is 18.1. The van der Waals surface area contributed by atoms with Crippen LogP contribution in [0.5, 0.6) is 0 Å². The number of amides is 1. The molecule has 8 heteroatoms. The first-order valence-electron chi connectivity index (χ1n) is 11.5. The first-order valence-corrected chi connectivity index (χ1v) is 11.5. The molecule has 2 atom stereocenters. The predicted octanol–water partition coefficient (Wildman–Crippen LogP) is 4.22. The number of hydrogen-bond donors (Lipinski definition) is 4. The quantitative estimate of drug-likeness (QED) is 0.344. The molecule has 0 bridgehead atoms. The highest BCUT2D eigenvalue weighted by molar-refractivity contribution is 5.98. The number of hydrogen-bond acceptors (Lipinski definition) is 7. The van der Waals surface area contributed by atoms with Crippen molar-refractivity contribution in [2.24, 2.45) is 11.5 Å². The number of fused-ring (bicyclic) bond motifs is 1. The molecular formula is C26H27N7O. The second-order valence-electron chi connectivity index (χ2n) is 8.61. The SMILES string of the molecule is NC(=O)c1cnc(N[C@@H]2CCCCC2N)nc1Nc1cccc(-c2cccc3cccnc23)c1. The summed E-state index contributed by atoms with van der Waals surface area (Å²) < 4.78 is 0. The molecule has 1 saturated carbocycles. The van der Waals surface area contributed by atoms with Gasteiger partial charge >= 0.3 is 0 Å². The molecule has 1 aliphatic rings. The van der Waals surface area contributed by atoms with Crippen molar-refractivity contribution in [3.05, 3.63) is 72.6 Å². The normalized spacial score (nSPS) is 17.9. The molecule has 8 nitrogen and oxygen atoms in total. The number of nitrogens with two attached hydrogens (primary N) is 2. The monoisotopic (exact) mass is 453 g/mol. The van der Waals surface area contributed by atoms with Gasteiger partial charge in [-0.3, -0.25) is 9.78 Å². The van der Waals surface area contributed by atoms with E-state index in [0.717, 1.165) is 53.4 Å². The maximum absolute atomic E-state index is 12.1. The first kappa shape index (κ1) is 21.8. The zero-order chi connectivity index (χ0) is 23.5. The summed E-state index contributed by atoms with van der Waals surface area (Å²) in [7, 11) is 0. The minimum absolute atomic E-state index is 0.0514. The van der Waals surface area contributed by atoms with E-state index in [2.05, 4.69) is 25.6 Å². The molecule has 1 fully saturated rings. The van der Waals surface area contributed by atoms with Crippen molar-refractivity contribution in [3.8, 4) is 11.1 Å². The van der Waals surface area contributed by atoms with Gasteiger partial charge in [-0.15, -0.1) is 0 Å². The Hall–Kier alpha value is -4.04. The molecule has 5 rings (SSSR count). The average molecular weight is 454 g/mol. The number of carbonyl (C=O) groups excluding carboxylic acids is 1. The molecule has 2 heterocycles. The number of rotatable bonds is 6. The maximum atomic E-state index is 12.1. The number of benzene rings is 2.